The van der Waals surface area contributed by atoms with Crippen LogP contribution in [0.1, 0.15) is 29.8 Å². The van der Waals surface area contributed by atoms with Crippen LogP contribution in [0.25, 0.3) is 0 Å². The fraction of sp³-hybridized carbons (Fsp3) is 0.385. The van der Waals surface area contributed by atoms with Gasteiger partial charge in [-0.05, 0) is 38.5 Å². The number of anilines is 1. The van der Waals surface area contributed by atoms with Crippen LogP contribution in [0.3, 0.4) is 0 Å². The third kappa shape index (κ3) is 1.85. The highest BCUT2D eigenvalue weighted by atomic mass is 19.1. The summed E-state index contributed by atoms with van der Waals surface area (Å²) in [6.45, 7) is 5.25. The summed E-state index contributed by atoms with van der Waals surface area (Å²) in [5.74, 6) is -0.581. The Morgan fingerprint density at radius 2 is 2.11 bits per heavy atom. The Morgan fingerprint density at radius 3 is 2.72 bits per heavy atom. The van der Waals surface area contributed by atoms with Gasteiger partial charge in [-0.1, -0.05) is 0 Å². The van der Waals surface area contributed by atoms with Gasteiger partial charge >= 0.3 is 0 Å². The first-order chi connectivity index (χ1) is 8.36. The molecular weight excluding hydrogens is 235 g/mol. The molecule has 1 unspecified atom stereocenters. The van der Waals surface area contributed by atoms with Crippen molar-refractivity contribution in [1.82, 2.24) is 5.32 Å². The van der Waals surface area contributed by atoms with Gasteiger partial charge in [0, 0.05) is 11.3 Å². The molecule has 0 radical (unpaired) electrons. The number of hydrogen-bond acceptors (Lipinski definition) is 3. The Hall–Kier alpha value is -1.91. The van der Waals surface area contributed by atoms with Crippen LogP contribution < -0.4 is 10.6 Å². The summed E-state index contributed by atoms with van der Waals surface area (Å²) in [6, 6.07) is 1.96. The largest absolute Gasteiger partial charge is 0.377 e. The van der Waals surface area contributed by atoms with Crippen LogP contribution in [-0.2, 0) is 4.79 Å². The number of fused-ring (bicyclic) bond motifs is 1. The second-order valence-electron chi connectivity index (χ2n) is 5.07. The van der Waals surface area contributed by atoms with Crippen molar-refractivity contribution in [2.75, 3.05) is 5.32 Å². The van der Waals surface area contributed by atoms with Gasteiger partial charge in [-0.3, -0.25) is 9.59 Å². The predicted molar refractivity (Wildman–Crippen MR) is 66.2 cm³/mol. The summed E-state index contributed by atoms with van der Waals surface area (Å²) < 4.78 is 13.4. The van der Waals surface area contributed by atoms with E-state index < -0.39 is 11.6 Å². The van der Waals surface area contributed by atoms with Crippen molar-refractivity contribution in [3.8, 4) is 0 Å². The molecule has 96 valence electrons. The van der Waals surface area contributed by atoms with Gasteiger partial charge in [-0.25, -0.2) is 4.39 Å². The SMILES string of the molecule is Cc1cc(F)cc2c1C(=O)C(NC=O)C(C)(C)N2. The van der Waals surface area contributed by atoms with E-state index >= 15 is 0 Å². The van der Waals surface area contributed by atoms with Gasteiger partial charge in [0.15, 0.2) is 5.78 Å². The van der Waals surface area contributed by atoms with E-state index in [-0.39, 0.29) is 11.6 Å². The maximum Gasteiger partial charge on any atom is 0.207 e. The Balaban J connectivity index is 2.57. The molecule has 0 aliphatic carbocycles. The average Bonchev–Trinajstić information content (AvgIpc) is 2.21. The maximum atomic E-state index is 13.4. The van der Waals surface area contributed by atoms with E-state index in [4.69, 9.17) is 0 Å². The zero-order valence-electron chi connectivity index (χ0n) is 10.5. The number of amides is 1. The second-order valence-corrected chi connectivity index (χ2v) is 5.07. The average molecular weight is 250 g/mol. The standard InChI is InChI=1S/C13H15FN2O2/c1-7-4-8(14)5-9-10(7)11(18)12(15-6-17)13(2,3)16-9/h4-6,12,16H,1-3H3,(H,15,17). The molecule has 1 amide bonds. The quantitative estimate of drug-likeness (QED) is 0.784. The number of aryl methyl sites for hydroxylation is 1. The van der Waals surface area contributed by atoms with Crippen molar-refractivity contribution in [2.45, 2.75) is 32.4 Å². The molecule has 2 rings (SSSR count). The van der Waals surface area contributed by atoms with Gasteiger partial charge in [-0.15, -0.1) is 0 Å². The maximum absolute atomic E-state index is 13.4. The third-order valence-corrected chi connectivity index (χ3v) is 3.22. The number of nitrogens with one attached hydrogen (secondary N) is 2. The summed E-state index contributed by atoms with van der Waals surface area (Å²) in [5.41, 5.74) is 0.822. The smallest absolute Gasteiger partial charge is 0.207 e. The Bertz CT molecular complexity index is 526. The van der Waals surface area contributed by atoms with Crippen molar-refractivity contribution < 1.29 is 14.0 Å². The molecule has 1 heterocycles. The molecule has 1 aromatic rings. The summed E-state index contributed by atoms with van der Waals surface area (Å²) in [6.07, 6.45) is 0.510. The first kappa shape index (κ1) is 12.5. The number of hydrogen-bond donors (Lipinski definition) is 2. The molecule has 1 aliphatic heterocycles. The molecule has 0 bridgehead atoms. The zero-order valence-corrected chi connectivity index (χ0v) is 10.5. The Labute approximate surface area is 105 Å². The molecule has 0 saturated heterocycles. The van der Waals surface area contributed by atoms with Gasteiger partial charge in [0.05, 0.1) is 5.54 Å². The number of ketones is 1. The number of halogens is 1. The lowest BCUT2D eigenvalue weighted by Crippen LogP contribution is -2.58. The number of benzene rings is 1. The van der Waals surface area contributed by atoms with Gasteiger partial charge in [0.25, 0.3) is 0 Å². The minimum absolute atomic E-state index is 0.196. The molecular formula is C13H15FN2O2. The molecule has 5 heteroatoms. The molecule has 2 N–H and O–H groups in total. The monoisotopic (exact) mass is 250 g/mol. The van der Waals surface area contributed by atoms with Crippen LogP contribution in [0.4, 0.5) is 10.1 Å². The van der Waals surface area contributed by atoms with Gasteiger partial charge in [0.1, 0.15) is 11.9 Å². The number of Topliss-reactive ketones (excluding diaryl/α,β-unsaturated/α-hetero) is 1. The lowest BCUT2D eigenvalue weighted by molar-refractivity contribution is -0.110. The van der Waals surface area contributed by atoms with Crippen molar-refractivity contribution in [3.63, 3.8) is 0 Å². The van der Waals surface area contributed by atoms with E-state index in [0.717, 1.165) is 0 Å². The first-order valence-corrected chi connectivity index (χ1v) is 5.69. The number of rotatable bonds is 2. The van der Waals surface area contributed by atoms with Crippen LogP contribution >= 0.6 is 0 Å². The minimum Gasteiger partial charge on any atom is -0.377 e. The van der Waals surface area contributed by atoms with E-state index in [1.807, 2.05) is 0 Å². The lowest BCUT2D eigenvalue weighted by Gasteiger charge is -2.40. The number of carbonyl (C=O) groups is 2. The van der Waals surface area contributed by atoms with E-state index in [1.54, 1.807) is 20.8 Å². The van der Waals surface area contributed by atoms with Crippen molar-refractivity contribution in [1.29, 1.82) is 0 Å². The molecule has 4 nitrogen and oxygen atoms in total. The van der Waals surface area contributed by atoms with Gasteiger partial charge < -0.3 is 10.6 Å². The molecule has 1 aliphatic rings. The highest BCUT2D eigenvalue weighted by molar-refractivity contribution is 6.09. The normalized spacial score (nSPS) is 20.9. The molecule has 1 aromatic carbocycles. The lowest BCUT2D eigenvalue weighted by atomic mass is 9.82. The highest BCUT2D eigenvalue weighted by Gasteiger charge is 2.41. The fourth-order valence-corrected chi connectivity index (χ4v) is 2.41. The Kier molecular flexibility index (Phi) is 2.84. The predicted octanol–water partition coefficient (Wildman–Crippen LogP) is 1.64. The van der Waals surface area contributed by atoms with Gasteiger partial charge in [0.2, 0.25) is 6.41 Å². The van der Waals surface area contributed by atoms with Crippen LogP contribution in [0.15, 0.2) is 12.1 Å². The van der Waals surface area contributed by atoms with E-state index in [0.29, 0.717) is 23.2 Å². The fourth-order valence-electron chi connectivity index (χ4n) is 2.41. The number of carbonyl (C=O) groups excluding carboxylic acids is 2. The van der Waals surface area contributed by atoms with Gasteiger partial charge in [-0.2, -0.15) is 0 Å². The summed E-state index contributed by atoms with van der Waals surface area (Å²) in [4.78, 5) is 23.0. The minimum atomic E-state index is -0.661. The molecule has 1 atom stereocenters. The van der Waals surface area contributed by atoms with Crippen LogP contribution in [0, 0.1) is 12.7 Å². The Morgan fingerprint density at radius 1 is 1.44 bits per heavy atom. The van der Waals surface area contributed by atoms with Crippen LogP contribution in [0.2, 0.25) is 0 Å². The summed E-state index contributed by atoms with van der Waals surface area (Å²) >= 11 is 0. The molecule has 0 spiro atoms. The molecule has 0 aromatic heterocycles. The molecule has 0 saturated carbocycles. The van der Waals surface area contributed by atoms with Crippen molar-refractivity contribution in [3.05, 3.63) is 29.1 Å². The van der Waals surface area contributed by atoms with E-state index in [2.05, 4.69) is 10.6 Å². The highest BCUT2D eigenvalue weighted by Crippen LogP contribution is 2.33. The van der Waals surface area contributed by atoms with Crippen LogP contribution in [-0.4, -0.2) is 23.8 Å². The van der Waals surface area contributed by atoms with Crippen molar-refractivity contribution in [2.24, 2.45) is 0 Å². The second kappa shape index (κ2) is 4.08. The first-order valence-electron chi connectivity index (χ1n) is 5.69. The summed E-state index contributed by atoms with van der Waals surface area (Å²) in [7, 11) is 0. The van der Waals surface area contributed by atoms with Crippen molar-refractivity contribution >= 4 is 17.9 Å². The third-order valence-electron chi connectivity index (χ3n) is 3.22. The van der Waals surface area contributed by atoms with E-state index in [1.165, 1.54) is 12.1 Å². The summed E-state index contributed by atoms with van der Waals surface area (Å²) in [5, 5.41) is 5.62. The topological polar surface area (TPSA) is 58.2 Å². The van der Waals surface area contributed by atoms with E-state index in [9.17, 15) is 14.0 Å². The zero-order chi connectivity index (χ0) is 13.5. The van der Waals surface area contributed by atoms with Crippen LogP contribution in [0.5, 0.6) is 0 Å². The molecule has 18 heavy (non-hydrogen) atoms. The molecule has 0 fully saturated rings.